The molecule has 2 aromatic rings. The molecule has 150 valence electrons. The van der Waals surface area contributed by atoms with Crippen molar-refractivity contribution < 1.29 is 13.2 Å². The van der Waals surface area contributed by atoms with Crippen LogP contribution in [0.4, 0.5) is 13.2 Å². The maximum atomic E-state index is 13.0. The van der Waals surface area contributed by atoms with Crippen molar-refractivity contribution in [3.8, 4) is 0 Å². The molecule has 0 amide bonds. The summed E-state index contributed by atoms with van der Waals surface area (Å²) < 4.78 is 40.1. The third kappa shape index (κ3) is 7.57. The predicted octanol–water partition coefficient (Wildman–Crippen LogP) is 4.01. The summed E-state index contributed by atoms with van der Waals surface area (Å²) in [4.78, 5) is 4.24. The van der Waals surface area contributed by atoms with Gasteiger partial charge in [-0.2, -0.15) is 18.3 Å². The number of nitrogens with zero attached hydrogens (tertiary/aromatic N) is 3. The van der Waals surface area contributed by atoms with Gasteiger partial charge in [0.25, 0.3) is 0 Å². The highest BCUT2D eigenvalue weighted by Gasteiger charge is 2.36. The van der Waals surface area contributed by atoms with Gasteiger partial charge >= 0.3 is 6.18 Å². The zero-order chi connectivity index (χ0) is 19.2. The van der Waals surface area contributed by atoms with Crippen molar-refractivity contribution in [3.63, 3.8) is 0 Å². The molecule has 0 aliphatic rings. The number of nitrogens with one attached hydrogen (secondary N) is 2. The summed E-state index contributed by atoms with van der Waals surface area (Å²) in [6.45, 7) is 2.97. The lowest BCUT2D eigenvalue weighted by Gasteiger charge is -2.11. The summed E-state index contributed by atoms with van der Waals surface area (Å²) in [6, 6.07) is 7.49. The van der Waals surface area contributed by atoms with Crippen LogP contribution in [0.5, 0.6) is 0 Å². The number of guanidine groups is 1. The van der Waals surface area contributed by atoms with Gasteiger partial charge in [-0.15, -0.1) is 24.0 Å². The van der Waals surface area contributed by atoms with Crippen molar-refractivity contribution in [3.05, 3.63) is 52.3 Å². The fraction of sp³-hybridized carbons (Fsp3) is 0.412. The van der Waals surface area contributed by atoms with E-state index in [-0.39, 0.29) is 36.1 Å². The van der Waals surface area contributed by atoms with Gasteiger partial charge in [-0.25, -0.2) is 4.99 Å². The molecule has 10 heteroatoms. The van der Waals surface area contributed by atoms with E-state index in [1.807, 2.05) is 31.2 Å². The molecule has 0 bridgehead atoms. The minimum Gasteiger partial charge on any atom is -0.357 e. The molecule has 0 atom stereocenters. The molecule has 1 aromatic carbocycles. The first-order chi connectivity index (χ1) is 12.3. The van der Waals surface area contributed by atoms with Gasteiger partial charge in [0.1, 0.15) is 0 Å². The van der Waals surface area contributed by atoms with Crippen molar-refractivity contribution in [2.45, 2.75) is 26.1 Å². The highest BCUT2D eigenvalue weighted by Crippen LogP contribution is 2.30. The fourth-order valence-corrected chi connectivity index (χ4v) is 2.50. The normalized spacial score (nSPS) is 11.9. The van der Waals surface area contributed by atoms with Crippen LogP contribution >= 0.6 is 35.6 Å². The van der Waals surface area contributed by atoms with Crippen LogP contribution in [0.15, 0.2) is 35.5 Å². The van der Waals surface area contributed by atoms with Crippen LogP contribution in [0.1, 0.15) is 23.7 Å². The molecule has 1 aromatic heterocycles. The van der Waals surface area contributed by atoms with E-state index in [1.54, 1.807) is 0 Å². The molecule has 1 heterocycles. The Morgan fingerprint density at radius 1 is 1.22 bits per heavy atom. The van der Waals surface area contributed by atoms with Crippen molar-refractivity contribution in [1.82, 2.24) is 20.4 Å². The largest absolute Gasteiger partial charge is 0.435 e. The molecule has 0 aliphatic heterocycles. The van der Waals surface area contributed by atoms with E-state index in [4.69, 9.17) is 11.6 Å². The average Bonchev–Trinajstić information content (AvgIpc) is 2.95. The second-order valence-electron chi connectivity index (χ2n) is 5.67. The first-order valence-electron chi connectivity index (χ1n) is 8.16. The van der Waals surface area contributed by atoms with Gasteiger partial charge in [0.15, 0.2) is 11.7 Å². The first kappa shape index (κ1) is 23.5. The summed E-state index contributed by atoms with van der Waals surface area (Å²) in [6.07, 6.45) is -2.42. The number of rotatable bonds is 6. The number of aromatic nitrogens is 2. The van der Waals surface area contributed by atoms with E-state index in [0.29, 0.717) is 24.1 Å². The molecule has 2 N–H and O–H groups in total. The van der Waals surface area contributed by atoms with Gasteiger partial charge in [-0.3, -0.25) is 4.68 Å². The van der Waals surface area contributed by atoms with E-state index in [9.17, 15) is 13.2 Å². The van der Waals surface area contributed by atoms with E-state index in [1.165, 1.54) is 13.2 Å². The Hall–Kier alpha value is -1.49. The van der Waals surface area contributed by atoms with Crippen LogP contribution in [0.2, 0.25) is 5.02 Å². The molecule has 0 spiro atoms. The lowest BCUT2D eigenvalue weighted by atomic mass is 10.1. The number of benzene rings is 1. The zero-order valence-electron chi connectivity index (χ0n) is 15.0. The number of hydrogen-bond donors (Lipinski definition) is 2. The summed E-state index contributed by atoms with van der Waals surface area (Å²) >= 11 is 5.85. The van der Waals surface area contributed by atoms with E-state index in [0.717, 1.165) is 16.7 Å². The molecule has 0 aliphatic carbocycles. The summed E-state index contributed by atoms with van der Waals surface area (Å²) in [5, 5.41) is 10.3. The quantitative estimate of drug-likeness (QED) is 0.347. The van der Waals surface area contributed by atoms with E-state index in [2.05, 4.69) is 20.7 Å². The maximum Gasteiger partial charge on any atom is 0.435 e. The Balaban J connectivity index is 0.00000364. The summed E-state index contributed by atoms with van der Waals surface area (Å²) in [5.41, 5.74) is 0.236. The molecule has 0 radical (unpaired) electrons. The van der Waals surface area contributed by atoms with Crippen LogP contribution in [0.3, 0.4) is 0 Å². The summed E-state index contributed by atoms with van der Waals surface area (Å²) in [5.74, 6) is 0.457. The van der Waals surface area contributed by atoms with Gasteiger partial charge in [0.05, 0.1) is 6.54 Å². The van der Waals surface area contributed by atoms with Crippen LogP contribution in [-0.2, 0) is 26.2 Å². The molecule has 27 heavy (non-hydrogen) atoms. The molecular weight excluding hydrogens is 494 g/mol. The maximum absolute atomic E-state index is 13.0. The lowest BCUT2D eigenvalue weighted by molar-refractivity contribution is -0.142. The highest BCUT2D eigenvalue weighted by molar-refractivity contribution is 14.0. The van der Waals surface area contributed by atoms with Gasteiger partial charge in [-0.1, -0.05) is 23.7 Å². The second-order valence-corrected chi connectivity index (χ2v) is 6.11. The number of aryl methyl sites for hydroxylation is 1. The monoisotopic (exact) mass is 515 g/mol. The van der Waals surface area contributed by atoms with Gasteiger partial charge in [0, 0.05) is 36.9 Å². The molecule has 0 fully saturated rings. The molecule has 0 unspecified atom stereocenters. The Labute approximate surface area is 178 Å². The summed E-state index contributed by atoms with van der Waals surface area (Å²) in [7, 11) is 1.46. The van der Waals surface area contributed by atoms with Crippen LogP contribution in [-0.4, -0.2) is 28.8 Å². The lowest BCUT2D eigenvalue weighted by Crippen LogP contribution is -2.38. The third-order valence-corrected chi connectivity index (χ3v) is 3.80. The van der Waals surface area contributed by atoms with E-state index >= 15 is 0 Å². The Bertz CT molecular complexity index is 744. The minimum atomic E-state index is -4.49. The topological polar surface area (TPSA) is 54.2 Å². The standard InChI is InChI=1S/C17H21ClF3N5.HI/c1-3-22-16(23-9-8-12-4-6-14(18)7-5-12)24-10-13-11-26(2)25-15(13)17(19,20)21;/h4-7,11H,3,8-10H2,1-2H3,(H2,22,23,24);1H. The SMILES string of the molecule is CCNC(=NCc1cn(C)nc1C(F)(F)F)NCCc1ccc(Cl)cc1.I. The van der Waals surface area contributed by atoms with Crippen LogP contribution in [0, 0.1) is 0 Å². The molecule has 2 rings (SSSR count). The van der Waals surface area contributed by atoms with Gasteiger partial charge < -0.3 is 10.6 Å². The Morgan fingerprint density at radius 2 is 1.89 bits per heavy atom. The van der Waals surface area contributed by atoms with Crippen LogP contribution in [0.25, 0.3) is 0 Å². The minimum absolute atomic E-state index is 0. The molecule has 0 saturated carbocycles. The average molecular weight is 516 g/mol. The van der Waals surface area contributed by atoms with Gasteiger partial charge in [0.2, 0.25) is 0 Å². The number of halogens is 5. The van der Waals surface area contributed by atoms with Crippen molar-refractivity contribution in [1.29, 1.82) is 0 Å². The molecular formula is C17H22ClF3IN5. The number of aliphatic imine (C=N–C) groups is 1. The highest BCUT2D eigenvalue weighted by atomic mass is 127. The van der Waals surface area contributed by atoms with Crippen LogP contribution < -0.4 is 10.6 Å². The fourth-order valence-electron chi connectivity index (χ4n) is 2.37. The molecule has 0 saturated heterocycles. The number of alkyl halides is 3. The smallest absolute Gasteiger partial charge is 0.357 e. The zero-order valence-corrected chi connectivity index (χ0v) is 18.1. The number of hydrogen-bond acceptors (Lipinski definition) is 2. The second kappa shape index (κ2) is 10.7. The predicted molar refractivity (Wildman–Crippen MR) is 112 cm³/mol. The molecule has 5 nitrogen and oxygen atoms in total. The third-order valence-electron chi connectivity index (χ3n) is 3.54. The van der Waals surface area contributed by atoms with Crippen molar-refractivity contribution in [2.75, 3.05) is 13.1 Å². The van der Waals surface area contributed by atoms with Crippen molar-refractivity contribution >= 4 is 41.5 Å². The van der Waals surface area contributed by atoms with Crippen molar-refractivity contribution in [2.24, 2.45) is 12.0 Å². The van der Waals surface area contributed by atoms with Gasteiger partial charge in [-0.05, 0) is 31.0 Å². The first-order valence-corrected chi connectivity index (χ1v) is 8.53. The Morgan fingerprint density at radius 3 is 2.48 bits per heavy atom. The van der Waals surface area contributed by atoms with E-state index < -0.39 is 11.9 Å². The Kier molecular flexibility index (Phi) is 9.37.